The van der Waals surface area contributed by atoms with E-state index in [9.17, 15) is 13.6 Å². The van der Waals surface area contributed by atoms with Gasteiger partial charge in [0.2, 0.25) is 0 Å². The van der Waals surface area contributed by atoms with Crippen LogP contribution in [0.25, 0.3) is 0 Å². The number of rotatable bonds is 3. The van der Waals surface area contributed by atoms with Crippen LogP contribution in [0.2, 0.25) is 0 Å². The van der Waals surface area contributed by atoms with Gasteiger partial charge in [0.1, 0.15) is 22.3 Å². The summed E-state index contributed by atoms with van der Waals surface area (Å²) in [5.41, 5.74) is 5.25. The van der Waals surface area contributed by atoms with Crippen LogP contribution >= 0.6 is 27.3 Å². The molecule has 0 unspecified atom stereocenters. The molecular weight excluding hydrogens is 340 g/mol. The molecule has 0 saturated heterocycles. The number of thiazole rings is 1. The van der Waals surface area contributed by atoms with Crippen LogP contribution in [-0.4, -0.2) is 10.9 Å². The Morgan fingerprint density at radius 1 is 1.42 bits per heavy atom. The summed E-state index contributed by atoms with van der Waals surface area (Å²) in [4.78, 5) is 15.7. The summed E-state index contributed by atoms with van der Waals surface area (Å²) in [5.74, 6) is -2.02. The first-order valence-corrected chi connectivity index (χ1v) is 6.79. The lowest BCUT2D eigenvalue weighted by Gasteiger charge is -2.05. The third-order valence-corrected chi connectivity index (χ3v) is 3.70. The third-order valence-electron chi connectivity index (χ3n) is 2.22. The van der Waals surface area contributed by atoms with Crippen LogP contribution in [0.5, 0.6) is 0 Å². The molecule has 0 bridgehead atoms. The Hall–Kier alpha value is -1.38. The fraction of sp³-hybridized carbons (Fsp3) is 0.0909. The Labute approximate surface area is 119 Å². The normalized spacial score (nSPS) is 10.5. The molecule has 1 aromatic heterocycles. The zero-order valence-corrected chi connectivity index (χ0v) is 11.8. The number of benzene rings is 1. The fourth-order valence-electron chi connectivity index (χ4n) is 1.31. The average Bonchev–Trinajstić information content (AvgIpc) is 2.84. The molecule has 0 aliphatic heterocycles. The largest absolute Gasteiger partial charge is 0.325 e. The number of hydrogen-bond acceptors (Lipinski definition) is 4. The van der Waals surface area contributed by atoms with Crippen molar-refractivity contribution in [1.82, 2.24) is 4.98 Å². The lowest BCUT2D eigenvalue weighted by molar-refractivity contribution is 0.102. The van der Waals surface area contributed by atoms with E-state index in [2.05, 4.69) is 26.2 Å². The van der Waals surface area contributed by atoms with Crippen molar-refractivity contribution in [2.75, 3.05) is 5.32 Å². The number of aromatic nitrogens is 1. The molecule has 1 amide bonds. The van der Waals surface area contributed by atoms with Gasteiger partial charge in [0, 0.05) is 18.0 Å². The number of halogens is 3. The van der Waals surface area contributed by atoms with Gasteiger partial charge in [-0.05, 0) is 22.0 Å². The summed E-state index contributed by atoms with van der Waals surface area (Å²) in [6.45, 7) is 0.221. The van der Waals surface area contributed by atoms with Crippen LogP contribution in [0.4, 0.5) is 14.5 Å². The number of carbonyl (C=O) groups excluding carboxylic acids is 1. The number of amides is 1. The van der Waals surface area contributed by atoms with Gasteiger partial charge in [-0.1, -0.05) is 0 Å². The highest BCUT2D eigenvalue weighted by molar-refractivity contribution is 9.10. The number of hydrogen-bond donors (Lipinski definition) is 2. The van der Waals surface area contributed by atoms with Crippen LogP contribution < -0.4 is 11.1 Å². The van der Waals surface area contributed by atoms with Crippen molar-refractivity contribution in [2.24, 2.45) is 5.73 Å². The van der Waals surface area contributed by atoms with Crippen LogP contribution in [0, 0.1) is 11.6 Å². The smallest absolute Gasteiger partial charge is 0.275 e. The molecule has 0 radical (unpaired) electrons. The van der Waals surface area contributed by atoms with Crippen LogP contribution in [0.1, 0.15) is 15.5 Å². The van der Waals surface area contributed by atoms with E-state index in [0.717, 1.165) is 12.1 Å². The van der Waals surface area contributed by atoms with Gasteiger partial charge >= 0.3 is 0 Å². The highest BCUT2D eigenvalue weighted by atomic mass is 79.9. The first-order chi connectivity index (χ1) is 9.01. The van der Waals surface area contributed by atoms with E-state index in [-0.39, 0.29) is 22.4 Å². The minimum Gasteiger partial charge on any atom is -0.325 e. The molecule has 1 aromatic carbocycles. The van der Waals surface area contributed by atoms with Gasteiger partial charge in [-0.15, -0.1) is 11.3 Å². The third kappa shape index (κ3) is 3.14. The van der Waals surface area contributed by atoms with Crippen molar-refractivity contribution < 1.29 is 13.6 Å². The molecule has 0 atom stereocenters. The Bertz CT molecular complexity index is 632. The molecule has 2 rings (SSSR count). The molecule has 0 saturated carbocycles. The molecule has 0 aliphatic rings. The fourth-order valence-corrected chi connectivity index (χ4v) is 2.28. The van der Waals surface area contributed by atoms with E-state index in [1.54, 1.807) is 0 Å². The molecule has 0 aliphatic carbocycles. The lowest BCUT2D eigenvalue weighted by Crippen LogP contribution is -2.14. The van der Waals surface area contributed by atoms with E-state index in [4.69, 9.17) is 5.73 Å². The maximum Gasteiger partial charge on any atom is 0.275 e. The molecule has 100 valence electrons. The maximum atomic E-state index is 13.5. The zero-order valence-electron chi connectivity index (χ0n) is 9.41. The van der Waals surface area contributed by atoms with Gasteiger partial charge in [-0.25, -0.2) is 13.8 Å². The minimum atomic E-state index is -0.740. The first kappa shape index (κ1) is 14.0. The summed E-state index contributed by atoms with van der Waals surface area (Å²) in [6, 6.07) is 1.84. The first-order valence-electron chi connectivity index (χ1n) is 5.11. The topological polar surface area (TPSA) is 68.0 Å². The summed E-state index contributed by atoms with van der Waals surface area (Å²) in [5, 5.41) is 4.36. The predicted octanol–water partition coefficient (Wildman–Crippen LogP) is 2.89. The molecule has 19 heavy (non-hydrogen) atoms. The van der Waals surface area contributed by atoms with Gasteiger partial charge < -0.3 is 11.1 Å². The van der Waals surface area contributed by atoms with Gasteiger partial charge in [0.25, 0.3) is 5.91 Å². The Morgan fingerprint density at radius 3 is 2.79 bits per heavy atom. The number of anilines is 1. The molecule has 8 heteroatoms. The molecule has 3 N–H and O–H groups in total. The standard InChI is InChI=1S/C11H8BrF2N3OS/c12-5-1-7(14)8(2-6(5)13)17-11(18)9-4-19-10(3-15)16-9/h1-2,4H,3,15H2,(H,17,18). The van der Waals surface area contributed by atoms with E-state index in [1.807, 2.05) is 0 Å². The van der Waals surface area contributed by atoms with Crippen LogP contribution in [-0.2, 0) is 6.54 Å². The van der Waals surface area contributed by atoms with Crippen molar-refractivity contribution in [3.8, 4) is 0 Å². The minimum absolute atomic E-state index is 0.0120. The maximum absolute atomic E-state index is 13.5. The summed E-state index contributed by atoms with van der Waals surface area (Å²) < 4.78 is 26.8. The summed E-state index contributed by atoms with van der Waals surface area (Å²) >= 11 is 4.08. The average molecular weight is 348 g/mol. The molecule has 1 heterocycles. The van der Waals surface area contributed by atoms with Crippen molar-refractivity contribution in [2.45, 2.75) is 6.54 Å². The number of carbonyl (C=O) groups is 1. The summed E-state index contributed by atoms with van der Waals surface area (Å²) in [7, 11) is 0. The molecule has 0 spiro atoms. The Morgan fingerprint density at radius 2 is 2.16 bits per heavy atom. The van der Waals surface area contributed by atoms with Gasteiger partial charge in [0.15, 0.2) is 0 Å². The van der Waals surface area contributed by atoms with Crippen molar-refractivity contribution in [3.63, 3.8) is 0 Å². The van der Waals surface area contributed by atoms with Crippen molar-refractivity contribution >= 4 is 38.9 Å². The second kappa shape index (κ2) is 5.72. The predicted molar refractivity (Wildman–Crippen MR) is 72.0 cm³/mol. The van der Waals surface area contributed by atoms with Crippen LogP contribution in [0.3, 0.4) is 0 Å². The molecule has 4 nitrogen and oxygen atoms in total. The Balaban J connectivity index is 2.21. The lowest BCUT2D eigenvalue weighted by atomic mass is 10.3. The molecular formula is C11H8BrF2N3OS. The van der Waals surface area contributed by atoms with E-state index < -0.39 is 17.5 Å². The van der Waals surface area contributed by atoms with Gasteiger partial charge in [-0.2, -0.15) is 0 Å². The van der Waals surface area contributed by atoms with E-state index in [1.165, 1.54) is 16.7 Å². The van der Waals surface area contributed by atoms with Crippen molar-refractivity contribution in [1.29, 1.82) is 0 Å². The number of nitrogens with one attached hydrogen (secondary N) is 1. The quantitative estimate of drug-likeness (QED) is 0.839. The van der Waals surface area contributed by atoms with Crippen molar-refractivity contribution in [3.05, 3.63) is 44.3 Å². The SMILES string of the molecule is NCc1nc(C(=O)Nc2cc(F)c(Br)cc2F)cs1. The van der Waals surface area contributed by atoms with E-state index >= 15 is 0 Å². The van der Waals surface area contributed by atoms with Gasteiger partial charge in [-0.3, -0.25) is 4.79 Å². The second-order valence-corrected chi connectivity index (χ2v) is 5.33. The second-order valence-electron chi connectivity index (χ2n) is 3.53. The Kier molecular flexibility index (Phi) is 4.23. The highest BCUT2D eigenvalue weighted by Crippen LogP contribution is 2.23. The monoisotopic (exact) mass is 347 g/mol. The molecule has 2 aromatic rings. The van der Waals surface area contributed by atoms with Crippen LogP contribution in [0.15, 0.2) is 22.0 Å². The molecule has 0 fully saturated rings. The van der Waals surface area contributed by atoms with Gasteiger partial charge in [0.05, 0.1) is 10.2 Å². The van der Waals surface area contributed by atoms with E-state index in [0.29, 0.717) is 5.01 Å². The highest BCUT2D eigenvalue weighted by Gasteiger charge is 2.14. The number of nitrogens with two attached hydrogens (primary N) is 1. The zero-order chi connectivity index (χ0) is 14.0. The summed E-state index contributed by atoms with van der Waals surface area (Å²) in [6.07, 6.45) is 0. The number of nitrogens with zero attached hydrogens (tertiary/aromatic N) is 1.